The van der Waals surface area contributed by atoms with Crippen LogP contribution >= 0.6 is 34.8 Å². The average molecular weight is 344 g/mol. The topological polar surface area (TPSA) is 41.1 Å². The number of rotatable bonds is 4. The summed E-state index contributed by atoms with van der Waals surface area (Å²) < 4.78 is 0. The van der Waals surface area contributed by atoms with Crippen LogP contribution in [0.3, 0.4) is 0 Å². The van der Waals surface area contributed by atoms with Gasteiger partial charge in [-0.2, -0.15) is 0 Å². The van der Waals surface area contributed by atoms with E-state index in [-0.39, 0.29) is 6.03 Å². The maximum absolute atomic E-state index is 11.8. The van der Waals surface area contributed by atoms with Crippen LogP contribution in [0.5, 0.6) is 0 Å². The second kappa shape index (κ2) is 7.55. The number of hydrogen-bond acceptors (Lipinski definition) is 1. The summed E-state index contributed by atoms with van der Waals surface area (Å²) in [6.07, 6.45) is 0.685. The monoisotopic (exact) mass is 342 g/mol. The van der Waals surface area contributed by atoms with E-state index in [1.807, 2.05) is 24.3 Å². The van der Waals surface area contributed by atoms with Gasteiger partial charge < -0.3 is 10.6 Å². The normalized spacial score (nSPS) is 10.2. The predicted octanol–water partition coefficient (Wildman–Crippen LogP) is 5.01. The maximum Gasteiger partial charge on any atom is 0.319 e. The molecule has 0 radical (unpaired) electrons. The van der Waals surface area contributed by atoms with Crippen LogP contribution in [0.4, 0.5) is 10.5 Å². The number of hydrogen-bond donors (Lipinski definition) is 2. The van der Waals surface area contributed by atoms with E-state index >= 15 is 0 Å². The van der Waals surface area contributed by atoms with Gasteiger partial charge in [0, 0.05) is 11.6 Å². The summed E-state index contributed by atoms with van der Waals surface area (Å²) in [5.74, 6) is 0. The van der Waals surface area contributed by atoms with Gasteiger partial charge in [-0.3, -0.25) is 0 Å². The Labute approximate surface area is 138 Å². The molecule has 0 aliphatic rings. The van der Waals surface area contributed by atoms with Gasteiger partial charge in [-0.15, -0.1) is 0 Å². The number of halogens is 3. The molecular formula is C15H13Cl3N2O. The van der Waals surface area contributed by atoms with Gasteiger partial charge in [0.25, 0.3) is 0 Å². The standard InChI is InChI=1S/C15H13Cl3N2O/c16-11-4-1-3-10(9-11)7-8-19-15(21)20-14-12(17)5-2-6-13(14)18/h1-6,9H,7-8H2,(H2,19,20,21). The lowest BCUT2D eigenvalue weighted by molar-refractivity contribution is 0.252. The van der Waals surface area contributed by atoms with Crippen molar-refractivity contribution in [1.29, 1.82) is 0 Å². The Morgan fingerprint density at radius 3 is 2.33 bits per heavy atom. The molecule has 0 saturated heterocycles. The van der Waals surface area contributed by atoms with Gasteiger partial charge in [-0.05, 0) is 36.2 Å². The molecule has 0 unspecified atom stereocenters. The number of benzene rings is 2. The third-order valence-electron chi connectivity index (χ3n) is 2.79. The summed E-state index contributed by atoms with van der Waals surface area (Å²) in [5.41, 5.74) is 1.46. The minimum absolute atomic E-state index is 0.355. The maximum atomic E-state index is 11.8. The Morgan fingerprint density at radius 1 is 1.00 bits per heavy atom. The molecule has 2 aromatic rings. The van der Waals surface area contributed by atoms with Crippen molar-refractivity contribution in [3.05, 3.63) is 63.1 Å². The summed E-state index contributed by atoms with van der Waals surface area (Å²) in [5, 5.41) is 6.85. The first-order valence-electron chi connectivity index (χ1n) is 6.29. The molecule has 0 heterocycles. The van der Waals surface area contributed by atoms with Crippen molar-refractivity contribution in [3.63, 3.8) is 0 Å². The van der Waals surface area contributed by atoms with Crippen LogP contribution in [0, 0.1) is 0 Å². The van der Waals surface area contributed by atoms with Crippen LogP contribution in [0.1, 0.15) is 5.56 Å². The van der Waals surface area contributed by atoms with E-state index in [0.717, 1.165) is 5.56 Å². The predicted molar refractivity (Wildman–Crippen MR) is 88.6 cm³/mol. The number of amides is 2. The molecule has 2 rings (SSSR count). The smallest absolute Gasteiger partial charge is 0.319 e. The molecule has 110 valence electrons. The fraction of sp³-hybridized carbons (Fsp3) is 0.133. The third kappa shape index (κ3) is 4.81. The molecule has 21 heavy (non-hydrogen) atoms. The van der Waals surface area contributed by atoms with Crippen molar-refractivity contribution >= 4 is 46.5 Å². The van der Waals surface area contributed by atoms with Crippen LogP contribution in [0.2, 0.25) is 15.1 Å². The highest BCUT2D eigenvalue weighted by molar-refractivity contribution is 6.39. The van der Waals surface area contributed by atoms with Crippen molar-refractivity contribution < 1.29 is 4.79 Å². The van der Waals surface area contributed by atoms with Gasteiger partial charge in [-0.1, -0.05) is 53.0 Å². The molecule has 0 bridgehead atoms. The number of carbonyl (C=O) groups is 1. The highest BCUT2D eigenvalue weighted by atomic mass is 35.5. The molecular weight excluding hydrogens is 331 g/mol. The van der Waals surface area contributed by atoms with Crippen LogP contribution in [-0.4, -0.2) is 12.6 Å². The summed E-state index contributed by atoms with van der Waals surface area (Å²) in [6, 6.07) is 12.2. The zero-order valence-electron chi connectivity index (χ0n) is 11.0. The Kier molecular flexibility index (Phi) is 5.74. The minimum atomic E-state index is -0.355. The molecule has 6 heteroatoms. The first-order valence-corrected chi connectivity index (χ1v) is 7.43. The molecule has 0 spiro atoms. The number of urea groups is 1. The van der Waals surface area contributed by atoms with Gasteiger partial charge in [0.15, 0.2) is 0 Å². The van der Waals surface area contributed by atoms with Gasteiger partial charge >= 0.3 is 6.03 Å². The Bertz CT molecular complexity index is 626. The zero-order valence-corrected chi connectivity index (χ0v) is 13.3. The number of para-hydroxylation sites is 1. The number of nitrogens with one attached hydrogen (secondary N) is 2. The third-order valence-corrected chi connectivity index (χ3v) is 3.65. The summed E-state index contributed by atoms with van der Waals surface area (Å²) in [4.78, 5) is 11.8. The average Bonchev–Trinajstić information content (AvgIpc) is 2.43. The van der Waals surface area contributed by atoms with Gasteiger partial charge in [0.2, 0.25) is 0 Å². The largest absolute Gasteiger partial charge is 0.338 e. The van der Waals surface area contributed by atoms with E-state index in [9.17, 15) is 4.79 Å². The van der Waals surface area contributed by atoms with Crippen molar-refractivity contribution in [2.45, 2.75) is 6.42 Å². The van der Waals surface area contributed by atoms with E-state index in [1.165, 1.54) is 0 Å². The molecule has 2 N–H and O–H groups in total. The van der Waals surface area contributed by atoms with E-state index in [4.69, 9.17) is 34.8 Å². The lowest BCUT2D eigenvalue weighted by Crippen LogP contribution is -2.30. The van der Waals surface area contributed by atoms with Crippen molar-refractivity contribution in [3.8, 4) is 0 Å². The molecule has 2 aromatic carbocycles. The molecule has 0 aromatic heterocycles. The first kappa shape index (κ1) is 16.0. The van der Waals surface area contributed by atoms with Crippen LogP contribution < -0.4 is 10.6 Å². The molecule has 0 saturated carbocycles. The molecule has 0 fully saturated rings. The highest BCUT2D eigenvalue weighted by Gasteiger charge is 2.08. The second-order valence-corrected chi connectivity index (χ2v) is 5.61. The molecule has 2 amide bonds. The molecule has 0 aliphatic carbocycles. The minimum Gasteiger partial charge on any atom is -0.338 e. The summed E-state index contributed by atoms with van der Waals surface area (Å²) in [7, 11) is 0. The second-order valence-electron chi connectivity index (χ2n) is 4.36. The van der Waals surface area contributed by atoms with E-state index in [0.29, 0.717) is 33.7 Å². The van der Waals surface area contributed by atoms with E-state index < -0.39 is 0 Å². The van der Waals surface area contributed by atoms with Gasteiger partial charge in [-0.25, -0.2) is 4.79 Å². The van der Waals surface area contributed by atoms with Crippen LogP contribution in [0.25, 0.3) is 0 Å². The van der Waals surface area contributed by atoms with Gasteiger partial charge in [0.1, 0.15) is 0 Å². The Morgan fingerprint density at radius 2 is 1.67 bits per heavy atom. The van der Waals surface area contributed by atoms with Gasteiger partial charge in [0.05, 0.1) is 15.7 Å². The number of carbonyl (C=O) groups excluding carboxylic acids is 1. The summed E-state index contributed by atoms with van der Waals surface area (Å²) in [6.45, 7) is 0.480. The lowest BCUT2D eigenvalue weighted by atomic mass is 10.1. The summed E-state index contributed by atoms with van der Waals surface area (Å²) >= 11 is 17.9. The zero-order chi connectivity index (χ0) is 15.2. The molecule has 0 aliphatic heterocycles. The Balaban J connectivity index is 1.85. The first-order chi connectivity index (χ1) is 10.1. The highest BCUT2D eigenvalue weighted by Crippen LogP contribution is 2.29. The van der Waals surface area contributed by atoms with Crippen molar-refractivity contribution in [2.75, 3.05) is 11.9 Å². The Hall–Kier alpha value is -1.42. The van der Waals surface area contributed by atoms with Crippen molar-refractivity contribution in [2.24, 2.45) is 0 Å². The SMILES string of the molecule is O=C(NCCc1cccc(Cl)c1)Nc1c(Cl)cccc1Cl. The van der Waals surface area contributed by atoms with Crippen LogP contribution in [0.15, 0.2) is 42.5 Å². The van der Waals surface area contributed by atoms with Crippen molar-refractivity contribution in [1.82, 2.24) is 5.32 Å². The molecule has 0 atom stereocenters. The van der Waals surface area contributed by atoms with Crippen LogP contribution in [-0.2, 0) is 6.42 Å². The van der Waals surface area contributed by atoms with E-state index in [1.54, 1.807) is 18.2 Å². The molecule has 3 nitrogen and oxygen atoms in total. The quantitative estimate of drug-likeness (QED) is 0.805. The fourth-order valence-corrected chi connectivity index (χ4v) is 2.49. The van der Waals surface area contributed by atoms with E-state index in [2.05, 4.69) is 10.6 Å². The number of anilines is 1. The lowest BCUT2D eigenvalue weighted by Gasteiger charge is -2.10. The fourth-order valence-electron chi connectivity index (χ4n) is 1.79.